The third kappa shape index (κ3) is 3.77. The van der Waals surface area contributed by atoms with Gasteiger partial charge in [0.25, 0.3) is 0 Å². The van der Waals surface area contributed by atoms with Crippen LogP contribution in [0.25, 0.3) is 0 Å². The van der Waals surface area contributed by atoms with E-state index in [1.165, 1.54) is 0 Å². The third-order valence-corrected chi connectivity index (χ3v) is 2.77. The van der Waals surface area contributed by atoms with Gasteiger partial charge in [-0.15, -0.1) is 0 Å². The standard InChI is InChI=1S/C10H11IO4/c11-7-3-1-6(2-4-7)5-8(9(12)13)10(14)15/h1-4,8-9,12-13H,5H2,(H,14,15). The third-order valence-electron chi connectivity index (χ3n) is 2.05. The van der Waals surface area contributed by atoms with E-state index in [2.05, 4.69) is 22.6 Å². The Morgan fingerprint density at radius 3 is 2.20 bits per heavy atom. The second kappa shape index (κ2) is 5.43. The van der Waals surface area contributed by atoms with Crippen LogP contribution in [0.15, 0.2) is 24.3 Å². The maximum Gasteiger partial charge on any atom is 0.312 e. The number of rotatable bonds is 4. The zero-order valence-electron chi connectivity index (χ0n) is 7.80. The van der Waals surface area contributed by atoms with Crippen molar-refractivity contribution in [3.05, 3.63) is 33.4 Å². The lowest BCUT2D eigenvalue weighted by molar-refractivity contribution is -0.158. The van der Waals surface area contributed by atoms with Crippen molar-refractivity contribution in [2.75, 3.05) is 0 Å². The van der Waals surface area contributed by atoms with Crippen molar-refractivity contribution in [3.8, 4) is 0 Å². The highest BCUT2D eigenvalue weighted by molar-refractivity contribution is 14.1. The van der Waals surface area contributed by atoms with Crippen molar-refractivity contribution >= 4 is 28.6 Å². The number of aliphatic hydroxyl groups is 2. The minimum absolute atomic E-state index is 0.115. The number of carboxylic acid groups (broad SMARTS) is 1. The summed E-state index contributed by atoms with van der Waals surface area (Å²) in [6.45, 7) is 0. The van der Waals surface area contributed by atoms with Crippen LogP contribution in [0.4, 0.5) is 0 Å². The Bertz CT molecular complexity index is 334. The number of benzene rings is 1. The Hall–Kier alpha value is -0.660. The zero-order valence-corrected chi connectivity index (χ0v) is 9.96. The summed E-state index contributed by atoms with van der Waals surface area (Å²) in [5.74, 6) is -2.38. The van der Waals surface area contributed by atoms with Crippen LogP contribution in [0.1, 0.15) is 5.56 Å². The van der Waals surface area contributed by atoms with Crippen LogP contribution in [0.3, 0.4) is 0 Å². The molecule has 4 nitrogen and oxygen atoms in total. The molecule has 0 saturated carbocycles. The molecule has 0 heterocycles. The first-order valence-electron chi connectivity index (χ1n) is 4.34. The minimum Gasteiger partial charge on any atom is -0.481 e. The fourth-order valence-corrected chi connectivity index (χ4v) is 1.55. The van der Waals surface area contributed by atoms with Gasteiger partial charge < -0.3 is 15.3 Å². The fraction of sp³-hybridized carbons (Fsp3) is 0.300. The van der Waals surface area contributed by atoms with Crippen LogP contribution >= 0.6 is 22.6 Å². The summed E-state index contributed by atoms with van der Waals surface area (Å²) in [4.78, 5) is 10.7. The summed E-state index contributed by atoms with van der Waals surface area (Å²) in [7, 11) is 0. The Labute approximate surface area is 101 Å². The van der Waals surface area contributed by atoms with Gasteiger partial charge in [0, 0.05) is 3.57 Å². The Balaban J connectivity index is 2.74. The van der Waals surface area contributed by atoms with E-state index in [4.69, 9.17) is 15.3 Å². The summed E-state index contributed by atoms with van der Waals surface area (Å²) < 4.78 is 1.05. The fourth-order valence-electron chi connectivity index (χ4n) is 1.19. The van der Waals surface area contributed by atoms with Crippen LogP contribution in [0.5, 0.6) is 0 Å². The molecule has 0 aromatic heterocycles. The molecule has 1 aromatic carbocycles. The molecule has 3 N–H and O–H groups in total. The quantitative estimate of drug-likeness (QED) is 0.567. The number of hydrogen-bond donors (Lipinski definition) is 3. The highest BCUT2D eigenvalue weighted by atomic mass is 127. The van der Waals surface area contributed by atoms with Crippen LogP contribution in [0.2, 0.25) is 0 Å². The molecule has 0 bridgehead atoms. The van der Waals surface area contributed by atoms with E-state index >= 15 is 0 Å². The number of hydrogen-bond acceptors (Lipinski definition) is 3. The number of halogens is 1. The highest BCUT2D eigenvalue weighted by Gasteiger charge is 2.24. The van der Waals surface area contributed by atoms with Gasteiger partial charge in [0.15, 0.2) is 6.29 Å². The SMILES string of the molecule is O=C(O)C(Cc1ccc(I)cc1)C(O)O. The molecule has 0 radical (unpaired) electrons. The van der Waals surface area contributed by atoms with Gasteiger partial charge in [-0.2, -0.15) is 0 Å². The average molecular weight is 322 g/mol. The van der Waals surface area contributed by atoms with Gasteiger partial charge in [-0.3, -0.25) is 4.79 Å². The van der Waals surface area contributed by atoms with Gasteiger partial charge in [-0.05, 0) is 46.7 Å². The normalized spacial score (nSPS) is 12.8. The zero-order chi connectivity index (χ0) is 11.4. The number of aliphatic carboxylic acids is 1. The predicted molar refractivity (Wildman–Crippen MR) is 62.2 cm³/mol. The molecule has 0 aliphatic carbocycles. The highest BCUT2D eigenvalue weighted by Crippen LogP contribution is 2.14. The van der Waals surface area contributed by atoms with Crippen LogP contribution < -0.4 is 0 Å². The second-order valence-corrected chi connectivity index (χ2v) is 4.43. The first-order chi connectivity index (χ1) is 7.00. The maximum atomic E-state index is 10.7. The van der Waals surface area contributed by atoms with Gasteiger partial charge in [0.2, 0.25) is 0 Å². The molecule has 0 saturated heterocycles. The number of carboxylic acids is 1. The molecule has 1 atom stereocenters. The molecule has 0 fully saturated rings. The van der Waals surface area contributed by atoms with E-state index in [0.717, 1.165) is 9.13 Å². The van der Waals surface area contributed by atoms with Crippen molar-refractivity contribution in [2.45, 2.75) is 12.7 Å². The molecule has 0 spiro atoms. The maximum absolute atomic E-state index is 10.7. The van der Waals surface area contributed by atoms with Crippen molar-refractivity contribution < 1.29 is 20.1 Å². The van der Waals surface area contributed by atoms with Gasteiger partial charge in [0.05, 0.1) is 0 Å². The molecule has 15 heavy (non-hydrogen) atoms. The molecule has 0 amide bonds. The van der Waals surface area contributed by atoms with E-state index in [-0.39, 0.29) is 6.42 Å². The first-order valence-corrected chi connectivity index (χ1v) is 5.42. The molecule has 82 valence electrons. The molecule has 5 heteroatoms. The summed E-state index contributed by atoms with van der Waals surface area (Å²) in [6.07, 6.45) is -1.72. The number of aliphatic hydroxyl groups excluding tert-OH is 1. The second-order valence-electron chi connectivity index (χ2n) is 3.19. The van der Waals surface area contributed by atoms with Crippen molar-refractivity contribution in [1.82, 2.24) is 0 Å². The monoisotopic (exact) mass is 322 g/mol. The Morgan fingerprint density at radius 2 is 1.80 bits per heavy atom. The van der Waals surface area contributed by atoms with Crippen molar-refractivity contribution in [2.24, 2.45) is 5.92 Å². The summed E-state index contributed by atoms with van der Waals surface area (Å²) >= 11 is 2.14. The van der Waals surface area contributed by atoms with Crippen LogP contribution in [0, 0.1) is 9.49 Å². The van der Waals surface area contributed by atoms with Crippen LogP contribution in [-0.2, 0) is 11.2 Å². The molecule has 0 aliphatic rings. The lowest BCUT2D eigenvalue weighted by Crippen LogP contribution is -2.29. The molecule has 1 rings (SSSR count). The number of carbonyl (C=O) groups is 1. The van der Waals surface area contributed by atoms with Gasteiger partial charge in [0.1, 0.15) is 5.92 Å². The summed E-state index contributed by atoms with van der Waals surface area (Å²) in [5.41, 5.74) is 0.774. The summed E-state index contributed by atoms with van der Waals surface area (Å²) in [5, 5.41) is 26.5. The lowest BCUT2D eigenvalue weighted by atomic mass is 9.99. The Kier molecular flexibility index (Phi) is 4.49. The van der Waals surface area contributed by atoms with Crippen LogP contribution in [-0.4, -0.2) is 27.6 Å². The molecule has 1 aromatic rings. The topological polar surface area (TPSA) is 77.8 Å². The van der Waals surface area contributed by atoms with E-state index in [1.807, 2.05) is 12.1 Å². The Morgan fingerprint density at radius 1 is 1.27 bits per heavy atom. The van der Waals surface area contributed by atoms with Gasteiger partial charge >= 0.3 is 5.97 Å². The lowest BCUT2D eigenvalue weighted by Gasteiger charge is -2.13. The van der Waals surface area contributed by atoms with Crippen molar-refractivity contribution in [1.29, 1.82) is 0 Å². The average Bonchev–Trinajstić information content (AvgIpc) is 2.15. The van der Waals surface area contributed by atoms with Crippen molar-refractivity contribution in [3.63, 3.8) is 0 Å². The van der Waals surface area contributed by atoms with E-state index in [9.17, 15) is 4.79 Å². The summed E-state index contributed by atoms with van der Waals surface area (Å²) in [6, 6.07) is 7.25. The van der Waals surface area contributed by atoms with E-state index in [0.29, 0.717) is 0 Å². The van der Waals surface area contributed by atoms with Gasteiger partial charge in [-0.1, -0.05) is 12.1 Å². The van der Waals surface area contributed by atoms with Gasteiger partial charge in [-0.25, -0.2) is 0 Å². The largest absolute Gasteiger partial charge is 0.481 e. The van der Waals surface area contributed by atoms with E-state index in [1.54, 1.807) is 12.1 Å². The van der Waals surface area contributed by atoms with E-state index < -0.39 is 18.2 Å². The predicted octanol–water partition coefficient (Wildman–Crippen LogP) is 0.845. The first kappa shape index (κ1) is 12.4. The molecular weight excluding hydrogens is 311 g/mol. The molecule has 1 unspecified atom stereocenters. The smallest absolute Gasteiger partial charge is 0.312 e. The molecular formula is C10H11IO4. The molecule has 0 aliphatic heterocycles. The minimum atomic E-state index is -1.83.